The van der Waals surface area contributed by atoms with Crippen molar-refractivity contribution in [3.8, 4) is 11.3 Å². The highest BCUT2D eigenvalue weighted by Crippen LogP contribution is 2.41. The lowest BCUT2D eigenvalue weighted by atomic mass is 9.96. The highest BCUT2D eigenvalue weighted by atomic mass is 19.4. The second-order valence-corrected chi connectivity index (χ2v) is 4.51. The lowest BCUT2D eigenvalue weighted by Gasteiger charge is -2.17. The van der Waals surface area contributed by atoms with Crippen LogP contribution >= 0.6 is 0 Å². The van der Waals surface area contributed by atoms with Gasteiger partial charge in [-0.25, -0.2) is 0 Å². The van der Waals surface area contributed by atoms with E-state index >= 15 is 0 Å². The monoisotopic (exact) mass is 322 g/mol. The van der Waals surface area contributed by atoms with Crippen LogP contribution in [0.1, 0.15) is 27.2 Å². The molecule has 118 valence electrons. The molecule has 0 amide bonds. The molecule has 0 saturated carbocycles. The fourth-order valence-corrected chi connectivity index (χ4v) is 1.99. The number of carbonyl (C=O) groups is 1. The van der Waals surface area contributed by atoms with Crippen molar-refractivity contribution in [2.75, 3.05) is 0 Å². The van der Waals surface area contributed by atoms with Crippen molar-refractivity contribution in [2.45, 2.75) is 19.3 Å². The largest absolute Gasteiger partial charge is 0.453 e. The molecule has 0 radical (unpaired) electrons. The molecule has 1 heterocycles. The third-order valence-corrected chi connectivity index (χ3v) is 3.05. The van der Waals surface area contributed by atoms with Gasteiger partial charge in [0, 0.05) is 5.56 Å². The summed E-state index contributed by atoms with van der Waals surface area (Å²) in [4.78, 5) is 10.5. The minimum atomic E-state index is -4.94. The first-order valence-corrected chi connectivity index (χ1v) is 5.88. The average molecular weight is 322 g/mol. The van der Waals surface area contributed by atoms with Crippen LogP contribution in [0.2, 0.25) is 0 Å². The van der Waals surface area contributed by atoms with Gasteiger partial charge in [0.05, 0.1) is 11.1 Å². The Kier molecular flexibility index (Phi) is 3.80. The van der Waals surface area contributed by atoms with E-state index in [1.165, 1.54) is 0 Å². The zero-order valence-corrected chi connectivity index (χ0v) is 11.0. The Hall–Kier alpha value is -2.25. The molecule has 1 aromatic carbocycles. The second-order valence-electron chi connectivity index (χ2n) is 4.51. The third kappa shape index (κ3) is 3.00. The summed E-state index contributed by atoms with van der Waals surface area (Å²) in [7, 11) is 0. The van der Waals surface area contributed by atoms with E-state index in [2.05, 4.69) is 0 Å². The Morgan fingerprint density at radius 3 is 2.09 bits per heavy atom. The summed E-state index contributed by atoms with van der Waals surface area (Å²) in [5.41, 5.74) is -3.62. The Bertz CT molecular complexity index is 709. The first kappa shape index (κ1) is 16.1. The molecule has 0 fully saturated rings. The predicted molar refractivity (Wildman–Crippen MR) is 64.3 cm³/mol. The molecule has 0 N–H and O–H groups in total. The first-order chi connectivity index (χ1) is 10.0. The topological polar surface area (TPSA) is 30.2 Å². The quantitative estimate of drug-likeness (QED) is 0.568. The SMILES string of the molecule is Cc1c(-c2ccc(C=O)o2)cc(C(F)(F)F)cc1C(F)(F)F. The summed E-state index contributed by atoms with van der Waals surface area (Å²) in [5.74, 6) is -0.434. The number of alkyl halides is 6. The molecule has 0 atom stereocenters. The maximum absolute atomic E-state index is 12.9. The van der Waals surface area contributed by atoms with Crippen LogP contribution in [0.25, 0.3) is 11.3 Å². The number of rotatable bonds is 2. The average Bonchev–Trinajstić information content (AvgIpc) is 2.84. The number of carbonyl (C=O) groups excluding carboxylic acids is 1. The molecule has 22 heavy (non-hydrogen) atoms. The molecule has 2 nitrogen and oxygen atoms in total. The van der Waals surface area contributed by atoms with E-state index in [1.54, 1.807) is 0 Å². The predicted octanol–water partition coefficient (Wildman–Crippen LogP) is 5.11. The Labute approximate surface area is 120 Å². The van der Waals surface area contributed by atoms with Gasteiger partial charge in [0.25, 0.3) is 0 Å². The van der Waals surface area contributed by atoms with Crippen molar-refractivity contribution in [3.05, 3.63) is 46.7 Å². The number of hydrogen-bond acceptors (Lipinski definition) is 2. The van der Waals surface area contributed by atoms with Crippen molar-refractivity contribution in [2.24, 2.45) is 0 Å². The van der Waals surface area contributed by atoms with E-state index < -0.39 is 29.0 Å². The summed E-state index contributed by atoms with van der Waals surface area (Å²) in [5, 5.41) is 0. The van der Waals surface area contributed by atoms with E-state index in [0.29, 0.717) is 12.4 Å². The van der Waals surface area contributed by atoms with Crippen LogP contribution in [0.5, 0.6) is 0 Å². The number of hydrogen-bond donors (Lipinski definition) is 0. The second kappa shape index (κ2) is 5.19. The van der Waals surface area contributed by atoms with Crippen molar-refractivity contribution < 1.29 is 35.6 Å². The van der Waals surface area contributed by atoms with Crippen LogP contribution in [0.4, 0.5) is 26.3 Å². The van der Waals surface area contributed by atoms with Crippen molar-refractivity contribution in [3.63, 3.8) is 0 Å². The number of furan rings is 1. The Balaban J connectivity index is 2.74. The minimum Gasteiger partial charge on any atom is -0.453 e. The summed E-state index contributed by atoms with van der Waals surface area (Å²) >= 11 is 0. The number of benzene rings is 1. The molecule has 0 aliphatic carbocycles. The maximum Gasteiger partial charge on any atom is 0.416 e. The summed E-state index contributed by atoms with van der Waals surface area (Å²) in [6.07, 6.45) is -9.58. The maximum atomic E-state index is 12.9. The normalized spacial score (nSPS) is 12.5. The van der Waals surface area contributed by atoms with E-state index in [-0.39, 0.29) is 23.2 Å². The lowest BCUT2D eigenvalue weighted by molar-refractivity contribution is -0.143. The highest BCUT2D eigenvalue weighted by molar-refractivity contribution is 5.74. The number of halogens is 6. The summed E-state index contributed by atoms with van der Waals surface area (Å²) in [6, 6.07) is 2.93. The van der Waals surface area contributed by atoms with Gasteiger partial charge in [-0.05, 0) is 36.8 Å². The van der Waals surface area contributed by atoms with Crippen molar-refractivity contribution in [1.82, 2.24) is 0 Å². The molecule has 0 saturated heterocycles. The van der Waals surface area contributed by atoms with Crippen LogP contribution in [-0.2, 0) is 12.4 Å². The van der Waals surface area contributed by atoms with Crippen LogP contribution < -0.4 is 0 Å². The molecule has 0 spiro atoms. The van der Waals surface area contributed by atoms with Crippen molar-refractivity contribution >= 4 is 6.29 Å². The van der Waals surface area contributed by atoms with Crippen LogP contribution in [-0.4, -0.2) is 6.29 Å². The first-order valence-electron chi connectivity index (χ1n) is 5.88. The van der Waals surface area contributed by atoms with Gasteiger partial charge < -0.3 is 4.42 Å². The molecular weight excluding hydrogens is 314 g/mol. The molecular formula is C14H8F6O2. The van der Waals surface area contributed by atoms with Gasteiger partial charge in [-0.2, -0.15) is 26.3 Å². The van der Waals surface area contributed by atoms with Gasteiger partial charge in [-0.15, -0.1) is 0 Å². The van der Waals surface area contributed by atoms with Gasteiger partial charge >= 0.3 is 12.4 Å². The van der Waals surface area contributed by atoms with E-state index in [4.69, 9.17) is 4.42 Å². The number of aldehydes is 1. The van der Waals surface area contributed by atoms with Gasteiger partial charge in [-0.3, -0.25) is 4.79 Å². The van der Waals surface area contributed by atoms with E-state index in [9.17, 15) is 31.1 Å². The van der Waals surface area contributed by atoms with Crippen LogP contribution in [0.3, 0.4) is 0 Å². The van der Waals surface area contributed by atoms with Crippen LogP contribution in [0, 0.1) is 6.92 Å². The summed E-state index contributed by atoms with van der Waals surface area (Å²) in [6.45, 7) is 1.04. The lowest BCUT2D eigenvalue weighted by Crippen LogP contribution is -2.13. The van der Waals surface area contributed by atoms with Crippen molar-refractivity contribution in [1.29, 1.82) is 0 Å². The van der Waals surface area contributed by atoms with E-state index in [0.717, 1.165) is 19.1 Å². The molecule has 1 aromatic heterocycles. The fourth-order valence-electron chi connectivity index (χ4n) is 1.99. The highest BCUT2D eigenvalue weighted by Gasteiger charge is 2.39. The molecule has 2 rings (SSSR count). The molecule has 0 bridgehead atoms. The van der Waals surface area contributed by atoms with Gasteiger partial charge in [0.15, 0.2) is 12.0 Å². The molecule has 0 aliphatic rings. The Morgan fingerprint density at radius 2 is 1.64 bits per heavy atom. The third-order valence-electron chi connectivity index (χ3n) is 3.05. The Morgan fingerprint density at radius 1 is 1.00 bits per heavy atom. The smallest absolute Gasteiger partial charge is 0.416 e. The molecule has 2 aromatic rings. The molecule has 8 heteroatoms. The van der Waals surface area contributed by atoms with Gasteiger partial charge in [-0.1, -0.05) is 0 Å². The fraction of sp³-hybridized carbons (Fsp3) is 0.214. The molecule has 0 aliphatic heterocycles. The van der Waals surface area contributed by atoms with Gasteiger partial charge in [0.1, 0.15) is 5.76 Å². The van der Waals surface area contributed by atoms with Gasteiger partial charge in [0.2, 0.25) is 0 Å². The van der Waals surface area contributed by atoms with E-state index in [1.807, 2.05) is 0 Å². The minimum absolute atomic E-state index is 0.0579. The standard InChI is InChI=1S/C14H8F6O2/c1-7-10(12-3-2-9(6-21)22-12)4-8(13(15,16)17)5-11(7)14(18,19)20/h2-6H,1H3. The summed E-state index contributed by atoms with van der Waals surface area (Å²) < 4.78 is 82.1. The zero-order chi connectivity index (χ0) is 16.7. The van der Waals surface area contributed by atoms with Crippen LogP contribution in [0.15, 0.2) is 28.7 Å². The molecule has 0 unspecified atom stereocenters. The zero-order valence-electron chi connectivity index (χ0n) is 11.0.